The lowest BCUT2D eigenvalue weighted by atomic mass is 10.2. The normalized spacial score (nSPS) is 12.0. The van der Waals surface area contributed by atoms with Gasteiger partial charge < -0.3 is 24.1 Å². The molecule has 0 fully saturated rings. The van der Waals surface area contributed by atoms with Crippen molar-refractivity contribution in [3.63, 3.8) is 0 Å². The molecule has 2 aromatic carbocycles. The number of nitrogens with zero attached hydrogens (tertiary/aromatic N) is 2. The van der Waals surface area contributed by atoms with Gasteiger partial charge in [-0.3, -0.25) is 4.79 Å². The highest BCUT2D eigenvalue weighted by Crippen LogP contribution is 2.39. The summed E-state index contributed by atoms with van der Waals surface area (Å²) in [6.07, 6.45) is 1.64. The molecule has 1 aliphatic heterocycles. The third kappa shape index (κ3) is 3.06. The Morgan fingerprint density at radius 2 is 2.00 bits per heavy atom. The Hall–Kier alpha value is -3.48. The Kier molecular flexibility index (Phi) is 4.18. The van der Waals surface area contributed by atoms with Gasteiger partial charge in [0.25, 0.3) is 0 Å². The van der Waals surface area contributed by atoms with Gasteiger partial charge in [-0.15, -0.1) is 0 Å². The van der Waals surface area contributed by atoms with Crippen molar-refractivity contribution in [1.82, 2.24) is 9.55 Å². The SMILES string of the molecule is COc1cn(Cc2ccccc2)c(Nc2cccc3c2OCO3)nc1=O. The summed E-state index contributed by atoms with van der Waals surface area (Å²) >= 11 is 0. The lowest BCUT2D eigenvalue weighted by molar-refractivity contribution is 0.174. The molecule has 0 saturated carbocycles. The first kappa shape index (κ1) is 16.0. The van der Waals surface area contributed by atoms with E-state index >= 15 is 0 Å². The van der Waals surface area contributed by atoms with Gasteiger partial charge in [-0.1, -0.05) is 36.4 Å². The van der Waals surface area contributed by atoms with Crippen LogP contribution in [0.1, 0.15) is 5.56 Å². The van der Waals surface area contributed by atoms with Gasteiger partial charge in [0, 0.05) is 0 Å². The largest absolute Gasteiger partial charge is 0.490 e. The summed E-state index contributed by atoms with van der Waals surface area (Å²) in [7, 11) is 1.45. The van der Waals surface area contributed by atoms with E-state index in [0.717, 1.165) is 5.56 Å². The molecule has 0 radical (unpaired) electrons. The van der Waals surface area contributed by atoms with Crippen LogP contribution >= 0.6 is 0 Å². The first-order chi connectivity index (χ1) is 12.7. The Morgan fingerprint density at radius 3 is 2.81 bits per heavy atom. The first-order valence-corrected chi connectivity index (χ1v) is 8.09. The summed E-state index contributed by atoms with van der Waals surface area (Å²) in [5.41, 5.74) is 1.31. The minimum Gasteiger partial charge on any atom is -0.490 e. The Balaban J connectivity index is 1.74. The zero-order valence-corrected chi connectivity index (χ0v) is 14.1. The number of para-hydroxylation sites is 1. The molecule has 132 valence electrons. The molecule has 0 spiro atoms. The van der Waals surface area contributed by atoms with Crippen LogP contribution in [-0.4, -0.2) is 23.5 Å². The predicted octanol–water partition coefficient (Wildman–Crippen LogP) is 2.77. The molecule has 0 aliphatic carbocycles. The average molecular weight is 351 g/mol. The highest BCUT2D eigenvalue weighted by Gasteiger charge is 2.19. The van der Waals surface area contributed by atoms with Crippen LogP contribution in [0.25, 0.3) is 0 Å². The summed E-state index contributed by atoms with van der Waals surface area (Å²) in [5, 5.41) is 3.18. The van der Waals surface area contributed by atoms with Crippen LogP contribution in [0.5, 0.6) is 17.2 Å². The van der Waals surface area contributed by atoms with E-state index in [1.165, 1.54) is 7.11 Å². The summed E-state index contributed by atoms with van der Waals surface area (Å²) in [5.74, 6) is 1.83. The number of anilines is 2. The van der Waals surface area contributed by atoms with Crippen molar-refractivity contribution in [3.05, 3.63) is 70.6 Å². The topological polar surface area (TPSA) is 74.6 Å². The van der Waals surface area contributed by atoms with Crippen LogP contribution in [0.15, 0.2) is 59.5 Å². The second kappa shape index (κ2) is 6.79. The number of benzene rings is 2. The number of ether oxygens (including phenoxy) is 3. The van der Waals surface area contributed by atoms with Gasteiger partial charge in [-0.05, 0) is 17.7 Å². The summed E-state index contributed by atoms with van der Waals surface area (Å²) in [6, 6.07) is 15.4. The molecule has 0 amide bonds. The summed E-state index contributed by atoms with van der Waals surface area (Å²) in [6.45, 7) is 0.695. The van der Waals surface area contributed by atoms with Crippen LogP contribution in [0, 0.1) is 0 Å². The molecule has 7 nitrogen and oxygen atoms in total. The standard InChI is InChI=1S/C19H17N3O4/c1-24-16-11-22(10-13-6-3-2-4-7-13)19(21-18(16)23)20-14-8-5-9-15-17(14)26-12-25-15/h2-9,11H,10,12H2,1H3,(H,20,21,23). The molecule has 3 aromatic rings. The van der Waals surface area contributed by atoms with Gasteiger partial charge in [0.1, 0.15) is 0 Å². The number of aromatic nitrogens is 2. The number of fused-ring (bicyclic) bond motifs is 1. The third-order valence-electron chi connectivity index (χ3n) is 4.02. The zero-order valence-electron chi connectivity index (χ0n) is 14.1. The highest BCUT2D eigenvalue weighted by atomic mass is 16.7. The van der Waals surface area contributed by atoms with Gasteiger partial charge in [0.05, 0.1) is 25.5 Å². The van der Waals surface area contributed by atoms with Crippen LogP contribution in [0.2, 0.25) is 0 Å². The van der Waals surface area contributed by atoms with Crippen molar-refractivity contribution in [2.24, 2.45) is 0 Å². The van der Waals surface area contributed by atoms with E-state index in [1.54, 1.807) is 6.20 Å². The molecule has 1 N–H and O–H groups in total. The zero-order chi connectivity index (χ0) is 17.9. The lowest BCUT2D eigenvalue weighted by Crippen LogP contribution is -2.18. The van der Waals surface area contributed by atoms with Gasteiger partial charge in [0.2, 0.25) is 18.5 Å². The van der Waals surface area contributed by atoms with Crippen LogP contribution in [-0.2, 0) is 6.54 Å². The number of nitrogens with one attached hydrogen (secondary N) is 1. The van der Waals surface area contributed by atoms with Crippen molar-refractivity contribution in [3.8, 4) is 17.2 Å². The fourth-order valence-electron chi connectivity index (χ4n) is 2.76. The van der Waals surface area contributed by atoms with E-state index in [1.807, 2.05) is 53.1 Å². The summed E-state index contributed by atoms with van der Waals surface area (Å²) in [4.78, 5) is 16.3. The van der Waals surface area contributed by atoms with E-state index in [-0.39, 0.29) is 12.5 Å². The molecule has 0 unspecified atom stereocenters. The predicted molar refractivity (Wildman–Crippen MR) is 96.4 cm³/mol. The maximum atomic E-state index is 12.2. The fraction of sp³-hybridized carbons (Fsp3) is 0.158. The number of rotatable bonds is 5. The second-order valence-corrected chi connectivity index (χ2v) is 5.72. The van der Waals surface area contributed by atoms with Gasteiger partial charge in [-0.2, -0.15) is 4.98 Å². The molecular weight excluding hydrogens is 334 g/mol. The molecule has 7 heteroatoms. The van der Waals surface area contributed by atoms with Crippen molar-refractivity contribution >= 4 is 11.6 Å². The first-order valence-electron chi connectivity index (χ1n) is 8.09. The number of methoxy groups -OCH3 is 1. The molecule has 4 rings (SSSR count). The monoisotopic (exact) mass is 351 g/mol. The highest BCUT2D eigenvalue weighted by molar-refractivity contribution is 5.68. The summed E-state index contributed by atoms with van der Waals surface area (Å²) < 4.78 is 17.9. The molecule has 0 saturated heterocycles. The molecule has 2 heterocycles. The molecule has 0 atom stereocenters. The number of hydrogen-bond acceptors (Lipinski definition) is 6. The van der Waals surface area contributed by atoms with Crippen LogP contribution in [0.4, 0.5) is 11.6 Å². The minimum absolute atomic E-state index is 0.168. The van der Waals surface area contributed by atoms with Crippen LogP contribution < -0.4 is 25.1 Å². The third-order valence-corrected chi connectivity index (χ3v) is 4.02. The van der Waals surface area contributed by atoms with Gasteiger partial charge in [0.15, 0.2) is 11.5 Å². The molecular formula is C19H17N3O4. The van der Waals surface area contributed by atoms with Crippen molar-refractivity contribution in [2.45, 2.75) is 6.54 Å². The molecule has 1 aromatic heterocycles. The van der Waals surface area contributed by atoms with Crippen LogP contribution in [0.3, 0.4) is 0 Å². The quantitative estimate of drug-likeness (QED) is 0.762. The smallest absolute Gasteiger partial charge is 0.316 e. The molecule has 0 bridgehead atoms. The second-order valence-electron chi connectivity index (χ2n) is 5.72. The molecule has 26 heavy (non-hydrogen) atoms. The minimum atomic E-state index is -0.441. The van der Waals surface area contributed by atoms with Crippen molar-refractivity contribution in [2.75, 3.05) is 19.2 Å². The van der Waals surface area contributed by atoms with Gasteiger partial charge in [-0.25, -0.2) is 0 Å². The Morgan fingerprint density at radius 1 is 1.15 bits per heavy atom. The fourth-order valence-corrected chi connectivity index (χ4v) is 2.76. The number of hydrogen-bond donors (Lipinski definition) is 1. The van der Waals surface area contributed by atoms with Crippen molar-refractivity contribution in [1.29, 1.82) is 0 Å². The van der Waals surface area contributed by atoms with E-state index < -0.39 is 5.56 Å². The van der Waals surface area contributed by atoms with Crippen molar-refractivity contribution < 1.29 is 14.2 Å². The van der Waals surface area contributed by atoms with Gasteiger partial charge >= 0.3 is 5.56 Å². The van der Waals surface area contributed by atoms with E-state index in [2.05, 4.69) is 10.3 Å². The Labute approximate surface area is 149 Å². The maximum Gasteiger partial charge on any atom is 0.316 e. The maximum absolute atomic E-state index is 12.2. The lowest BCUT2D eigenvalue weighted by Gasteiger charge is -2.16. The van der Waals surface area contributed by atoms with E-state index in [0.29, 0.717) is 29.7 Å². The molecule has 1 aliphatic rings. The van der Waals surface area contributed by atoms with E-state index in [9.17, 15) is 4.79 Å². The van der Waals surface area contributed by atoms with E-state index in [4.69, 9.17) is 14.2 Å². The average Bonchev–Trinajstić information content (AvgIpc) is 3.14. The Bertz CT molecular complexity index is 986.